The Morgan fingerprint density at radius 1 is 1.53 bits per heavy atom. The van der Waals surface area contributed by atoms with Crippen LogP contribution < -0.4 is 11.1 Å². The van der Waals surface area contributed by atoms with Crippen molar-refractivity contribution in [3.05, 3.63) is 0 Å². The van der Waals surface area contributed by atoms with Gasteiger partial charge in [-0.3, -0.25) is 4.79 Å². The van der Waals surface area contributed by atoms with Crippen LogP contribution in [0.5, 0.6) is 0 Å². The summed E-state index contributed by atoms with van der Waals surface area (Å²) in [6, 6.07) is 0.0974. The Morgan fingerprint density at radius 3 is 2.68 bits per heavy atom. The molecule has 19 heavy (non-hydrogen) atoms. The van der Waals surface area contributed by atoms with E-state index in [1.165, 1.54) is 0 Å². The lowest BCUT2D eigenvalue weighted by molar-refractivity contribution is -0.129. The fraction of sp³-hybridized carbons (Fsp3) is 0.933. The molecular formula is C15H30N2O2. The molecule has 3 unspecified atom stereocenters. The van der Waals surface area contributed by atoms with Crippen LogP contribution in [0.15, 0.2) is 0 Å². The molecule has 3 N–H and O–H groups in total. The average Bonchev–Trinajstić information content (AvgIpc) is 2.27. The molecule has 1 saturated carbocycles. The van der Waals surface area contributed by atoms with Crippen molar-refractivity contribution in [3.8, 4) is 0 Å². The number of amides is 1. The fourth-order valence-corrected chi connectivity index (χ4v) is 3.00. The summed E-state index contributed by atoms with van der Waals surface area (Å²) in [6.07, 6.45) is 4.86. The molecular weight excluding hydrogens is 240 g/mol. The molecule has 1 rings (SSSR count). The highest BCUT2D eigenvalue weighted by atomic mass is 16.5. The molecule has 0 spiro atoms. The maximum atomic E-state index is 12.4. The van der Waals surface area contributed by atoms with Crippen molar-refractivity contribution in [2.24, 2.45) is 11.7 Å². The Hall–Kier alpha value is -0.610. The third-order valence-corrected chi connectivity index (χ3v) is 4.31. The minimum absolute atomic E-state index is 0.0608. The van der Waals surface area contributed by atoms with Crippen LogP contribution in [-0.2, 0) is 9.53 Å². The lowest BCUT2D eigenvalue weighted by Crippen LogP contribution is -2.54. The van der Waals surface area contributed by atoms with Crippen molar-refractivity contribution in [2.45, 2.75) is 77.0 Å². The molecule has 4 heteroatoms. The van der Waals surface area contributed by atoms with Gasteiger partial charge in [-0.05, 0) is 47.0 Å². The molecule has 1 aliphatic rings. The van der Waals surface area contributed by atoms with Crippen LogP contribution in [0, 0.1) is 5.92 Å². The van der Waals surface area contributed by atoms with Crippen LogP contribution in [0.1, 0.15) is 59.8 Å². The average molecular weight is 270 g/mol. The van der Waals surface area contributed by atoms with Crippen LogP contribution in [0.4, 0.5) is 0 Å². The van der Waals surface area contributed by atoms with E-state index < -0.39 is 0 Å². The molecule has 0 aromatic heterocycles. The van der Waals surface area contributed by atoms with Gasteiger partial charge in [-0.15, -0.1) is 0 Å². The molecule has 0 saturated heterocycles. The largest absolute Gasteiger partial charge is 0.379 e. The summed E-state index contributed by atoms with van der Waals surface area (Å²) < 4.78 is 5.40. The van der Waals surface area contributed by atoms with Gasteiger partial charge in [0, 0.05) is 18.7 Å². The first kappa shape index (κ1) is 16.4. The number of ether oxygens (including phenoxy) is 1. The summed E-state index contributed by atoms with van der Waals surface area (Å²) in [7, 11) is 1.70. The molecule has 0 aromatic rings. The van der Waals surface area contributed by atoms with Crippen LogP contribution in [0.2, 0.25) is 0 Å². The quantitative estimate of drug-likeness (QED) is 0.805. The molecule has 3 atom stereocenters. The van der Waals surface area contributed by atoms with Gasteiger partial charge in [0.1, 0.15) is 0 Å². The summed E-state index contributed by atoms with van der Waals surface area (Å²) in [6.45, 7) is 8.09. The molecule has 1 aliphatic carbocycles. The number of carbonyl (C=O) groups is 1. The van der Waals surface area contributed by atoms with Gasteiger partial charge < -0.3 is 15.8 Å². The van der Waals surface area contributed by atoms with Crippen LogP contribution >= 0.6 is 0 Å². The van der Waals surface area contributed by atoms with Crippen LogP contribution in [0.3, 0.4) is 0 Å². The summed E-state index contributed by atoms with van der Waals surface area (Å²) in [5.74, 6) is 0.0402. The number of nitrogens with one attached hydrogen (secondary N) is 1. The van der Waals surface area contributed by atoms with Gasteiger partial charge in [0.25, 0.3) is 0 Å². The zero-order chi connectivity index (χ0) is 14.7. The van der Waals surface area contributed by atoms with Gasteiger partial charge in [-0.1, -0.05) is 12.8 Å². The Bertz CT molecular complexity index is 313. The summed E-state index contributed by atoms with van der Waals surface area (Å²) in [5, 5.41) is 3.10. The molecule has 1 fully saturated rings. The van der Waals surface area contributed by atoms with E-state index in [2.05, 4.69) is 5.32 Å². The topological polar surface area (TPSA) is 64.3 Å². The predicted octanol–water partition coefficient (Wildman–Crippen LogP) is 2.21. The second kappa shape index (κ2) is 6.23. The second-order valence-electron chi connectivity index (χ2n) is 6.88. The first-order valence-electron chi connectivity index (χ1n) is 7.32. The first-order valence-corrected chi connectivity index (χ1v) is 7.32. The van der Waals surface area contributed by atoms with Crippen molar-refractivity contribution in [2.75, 3.05) is 7.11 Å². The summed E-state index contributed by atoms with van der Waals surface area (Å²) in [4.78, 5) is 12.4. The van der Waals surface area contributed by atoms with E-state index >= 15 is 0 Å². The third kappa shape index (κ3) is 4.77. The molecule has 0 aliphatic heterocycles. The van der Waals surface area contributed by atoms with Gasteiger partial charge in [-0.2, -0.15) is 0 Å². The van der Waals surface area contributed by atoms with E-state index in [-0.39, 0.29) is 29.0 Å². The number of rotatable bonds is 5. The van der Waals surface area contributed by atoms with E-state index in [1.807, 2.05) is 27.7 Å². The molecule has 0 heterocycles. The highest BCUT2D eigenvalue weighted by Gasteiger charge is 2.38. The van der Waals surface area contributed by atoms with Crippen LogP contribution in [0.25, 0.3) is 0 Å². The van der Waals surface area contributed by atoms with E-state index in [1.54, 1.807) is 7.11 Å². The molecule has 0 bridgehead atoms. The summed E-state index contributed by atoms with van der Waals surface area (Å²) >= 11 is 0. The van der Waals surface area contributed by atoms with Gasteiger partial charge in [0.05, 0.1) is 11.5 Å². The van der Waals surface area contributed by atoms with Crippen molar-refractivity contribution in [1.29, 1.82) is 0 Å². The number of nitrogens with two attached hydrogens (primary N) is 1. The first-order chi connectivity index (χ1) is 8.68. The standard InChI is InChI=1S/C15H30N2O2/c1-11(10-14(2,3)19-5)17-13(18)12-8-6-7-9-15(12,4)16/h11-12H,6-10,16H2,1-5H3,(H,17,18). The van der Waals surface area contributed by atoms with E-state index in [0.717, 1.165) is 32.1 Å². The van der Waals surface area contributed by atoms with Gasteiger partial charge in [0.15, 0.2) is 0 Å². The molecule has 0 aromatic carbocycles. The Labute approximate surface area is 117 Å². The van der Waals surface area contributed by atoms with E-state index in [0.29, 0.717) is 0 Å². The minimum atomic E-state index is -0.362. The highest BCUT2D eigenvalue weighted by molar-refractivity contribution is 5.80. The molecule has 112 valence electrons. The number of hydrogen-bond acceptors (Lipinski definition) is 3. The summed E-state index contributed by atoms with van der Waals surface area (Å²) in [5.41, 5.74) is 5.69. The fourth-order valence-electron chi connectivity index (χ4n) is 3.00. The van der Waals surface area contributed by atoms with Crippen molar-refractivity contribution >= 4 is 5.91 Å². The van der Waals surface area contributed by atoms with Gasteiger partial charge >= 0.3 is 0 Å². The third-order valence-electron chi connectivity index (χ3n) is 4.31. The van der Waals surface area contributed by atoms with Gasteiger partial charge in [-0.25, -0.2) is 0 Å². The smallest absolute Gasteiger partial charge is 0.225 e. The normalized spacial score (nSPS) is 29.9. The Morgan fingerprint density at radius 2 is 2.16 bits per heavy atom. The minimum Gasteiger partial charge on any atom is -0.379 e. The zero-order valence-electron chi connectivity index (χ0n) is 13.1. The van der Waals surface area contributed by atoms with E-state index in [4.69, 9.17) is 10.5 Å². The SMILES string of the molecule is COC(C)(C)CC(C)NC(=O)C1CCCCC1(C)N. The van der Waals surface area contributed by atoms with E-state index in [9.17, 15) is 4.79 Å². The lowest BCUT2D eigenvalue weighted by atomic mass is 9.74. The Kier molecular flexibility index (Phi) is 5.39. The maximum Gasteiger partial charge on any atom is 0.225 e. The number of carbonyl (C=O) groups excluding carboxylic acids is 1. The highest BCUT2D eigenvalue weighted by Crippen LogP contribution is 2.31. The predicted molar refractivity (Wildman–Crippen MR) is 77.9 cm³/mol. The molecule has 0 radical (unpaired) electrons. The van der Waals surface area contributed by atoms with Crippen molar-refractivity contribution in [1.82, 2.24) is 5.32 Å². The Balaban J connectivity index is 2.54. The molecule has 1 amide bonds. The molecule has 4 nitrogen and oxygen atoms in total. The van der Waals surface area contributed by atoms with Crippen molar-refractivity contribution < 1.29 is 9.53 Å². The number of hydrogen-bond donors (Lipinski definition) is 2. The lowest BCUT2D eigenvalue weighted by Gasteiger charge is -2.38. The zero-order valence-corrected chi connectivity index (χ0v) is 13.1. The maximum absolute atomic E-state index is 12.4. The van der Waals surface area contributed by atoms with Crippen LogP contribution in [-0.4, -0.2) is 30.2 Å². The number of methoxy groups -OCH3 is 1. The van der Waals surface area contributed by atoms with Crippen molar-refractivity contribution in [3.63, 3.8) is 0 Å². The monoisotopic (exact) mass is 270 g/mol. The van der Waals surface area contributed by atoms with Gasteiger partial charge in [0.2, 0.25) is 5.91 Å². The second-order valence-corrected chi connectivity index (χ2v) is 6.88.